The van der Waals surface area contributed by atoms with Crippen LogP contribution in [0.3, 0.4) is 0 Å². The summed E-state index contributed by atoms with van der Waals surface area (Å²) in [4.78, 5) is 14.5. The fourth-order valence-electron chi connectivity index (χ4n) is 3.80. The maximum atomic E-state index is 12.1. The van der Waals surface area contributed by atoms with Gasteiger partial charge in [0.05, 0.1) is 11.2 Å². The monoisotopic (exact) mass is 333 g/mol. The number of nitrogens with one attached hydrogen (secondary N) is 1. The number of piperazine rings is 1. The standard InChI is InChI=1S/C21H23N3O/c1-16(25)24-15-21(19-9-5-6-10-20(19)24)23-12-11-22-14-18(23)13-17-7-3-2-4-8-17/h2-10,15,18,22H,11-14H2,1H3. The van der Waals surface area contributed by atoms with Crippen LogP contribution in [0.25, 0.3) is 10.9 Å². The zero-order valence-electron chi connectivity index (χ0n) is 14.5. The van der Waals surface area contributed by atoms with Gasteiger partial charge in [-0.05, 0) is 18.1 Å². The van der Waals surface area contributed by atoms with Crippen LogP contribution in [0, 0.1) is 0 Å². The number of fused-ring (bicyclic) bond motifs is 1. The Morgan fingerprint density at radius 3 is 2.68 bits per heavy atom. The smallest absolute Gasteiger partial charge is 0.228 e. The van der Waals surface area contributed by atoms with Gasteiger partial charge < -0.3 is 10.2 Å². The molecule has 0 radical (unpaired) electrons. The second-order valence-electron chi connectivity index (χ2n) is 6.66. The highest BCUT2D eigenvalue weighted by Gasteiger charge is 2.26. The summed E-state index contributed by atoms with van der Waals surface area (Å²) in [7, 11) is 0. The molecule has 2 aromatic carbocycles. The number of nitrogens with zero attached hydrogens (tertiary/aromatic N) is 2. The first-order valence-corrected chi connectivity index (χ1v) is 8.86. The van der Waals surface area contributed by atoms with Gasteiger partial charge in [0, 0.05) is 44.2 Å². The number of benzene rings is 2. The fraction of sp³-hybridized carbons (Fsp3) is 0.286. The van der Waals surface area contributed by atoms with Gasteiger partial charge in [-0.15, -0.1) is 0 Å². The van der Waals surface area contributed by atoms with Crippen molar-refractivity contribution in [2.45, 2.75) is 19.4 Å². The normalized spacial score (nSPS) is 17.8. The first-order valence-electron chi connectivity index (χ1n) is 8.86. The molecule has 0 bridgehead atoms. The van der Waals surface area contributed by atoms with Gasteiger partial charge in [0.1, 0.15) is 0 Å². The van der Waals surface area contributed by atoms with Gasteiger partial charge in [-0.25, -0.2) is 0 Å². The molecule has 4 nitrogen and oxygen atoms in total. The lowest BCUT2D eigenvalue weighted by molar-refractivity contribution is 0.0941. The number of anilines is 1. The SMILES string of the molecule is CC(=O)n1cc(N2CCNCC2Cc2ccccc2)c2ccccc21. The Morgan fingerprint density at radius 1 is 1.12 bits per heavy atom. The number of carbonyl (C=O) groups excluding carboxylic acids is 1. The maximum absolute atomic E-state index is 12.1. The van der Waals surface area contributed by atoms with Gasteiger partial charge in [-0.2, -0.15) is 0 Å². The minimum atomic E-state index is 0.0530. The number of rotatable bonds is 3. The number of hydrogen-bond acceptors (Lipinski definition) is 3. The lowest BCUT2D eigenvalue weighted by Crippen LogP contribution is -2.52. The summed E-state index contributed by atoms with van der Waals surface area (Å²) < 4.78 is 1.77. The van der Waals surface area contributed by atoms with Crippen LogP contribution in [0.15, 0.2) is 60.8 Å². The molecule has 2 heterocycles. The summed E-state index contributed by atoms with van der Waals surface area (Å²) in [6.45, 7) is 4.48. The molecule has 1 aliphatic heterocycles. The summed E-state index contributed by atoms with van der Waals surface area (Å²) in [6.07, 6.45) is 3.00. The van der Waals surface area contributed by atoms with Crippen molar-refractivity contribution in [1.82, 2.24) is 9.88 Å². The summed E-state index contributed by atoms with van der Waals surface area (Å²) >= 11 is 0. The quantitative estimate of drug-likeness (QED) is 0.799. The molecule has 1 saturated heterocycles. The zero-order valence-corrected chi connectivity index (χ0v) is 14.5. The van der Waals surface area contributed by atoms with Crippen molar-refractivity contribution < 1.29 is 4.79 Å². The van der Waals surface area contributed by atoms with E-state index >= 15 is 0 Å². The van der Waals surface area contributed by atoms with E-state index in [9.17, 15) is 4.79 Å². The van der Waals surface area contributed by atoms with Crippen molar-refractivity contribution in [3.05, 3.63) is 66.4 Å². The lowest BCUT2D eigenvalue weighted by atomic mass is 10.0. The van der Waals surface area contributed by atoms with Crippen molar-refractivity contribution in [3.8, 4) is 0 Å². The molecule has 1 fully saturated rings. The molecule has 0 amide bonds. The molecule has 4 rings (SSSR count). The molecule has 0 spiro atoms. The predicted molar refractivity (Wildman–Crippen MR) is 102 cm³/mol. The highest BCUT2D eigenvalue weighted by atomic mass is 16.1. The van der Waals surface area contributed by atoms with Crippen molar-refractivity contribution in [3.63, 3.8) is 0 Å². The highest BCUT2D eigenvalue weighted by Crippen LogP contribution is 2.31. The van der Waals surface area contributed by atoms with E-state index in [0.29, 0.717) is 6.04 Å². The molecule has 0 saturated carbocycles. The molecule has 25 heavy (non-hydrogen) atoms. The third-order valence-electron chi connectivity index (χ3n) is 5.00. The number of aromatic nitrogens is 1. The van der Waals surface area contributed by atoms with E-state index in [-0.39, 0.29) is 5.91 Å². The average Bonchev–Trinajstić information content (AvgIpc) is 3.03. The lowest BCUT2D eigenvalue weighted by Gasteiger charge is -2.38. The average molecular weight is 333 g/mol. The Kier molecular flexibility index (Phi) is 4.28. The van der Waals surface area contributed by atoms with Gasteiger partial charge >= 0.3 is 0 Å². The van der Waals surface area contributed by atoms with E-state index in [4.69, 9.17) is 0 Å². The van der Waals surface area contributed by atoms with Crippen molar-refractivity contribution in [2.75, 3.05) is 24.5 Å². The summed E-state index contributed by atoms with van der Waals surface area (Å²) in [5.74, 6) is 0.0530. The van der Waals surface area contributed by atoms with E-state index in [1.54, 1.807) is 11.5 Å². The first-order chi connectivity index (χ1) is 12.2. The molecule has 1 aromatic heterocycles. The van der Waals surface area contributed by atoms with Crippen LogP contribution >= 0.6 is 0 Å². The van der Waals surface area contributed by atoms with Gasteiger partial charge in [-0.1, -0.05) is 48.5 Å². The van der Waals surface area contributed by atoms with Crippen LogP contribution in [0.1, 0.15) is 17.3 Å². The first kappa shape index (κ1) is 15.9. The predicted octanol–water partition coefficient (Wildman–Crippen LogP) is 3.32. The summed E-state index contributed by atoms with van der Waals surface area (Å²) in [5.41, 5.74) is 3.49. The molecule has 0 aliphatic carbocycles. The minimum absolute atomic E-state index is 0.0530. The van der Waals surface area contributed by atoms with Crippen molar-refractivity contribution >= 4 is 22.5 Å². The molecular formula is C21H23N3O. The van der Waals surface area contributed by atoms with E-state index < -0.39 is 0 Å². The molecule has 3 aromatic rings. The van der Waals surface area contributed by atoms with E-state index in [1.165, 1.54) is 5.56 Å². The largest absolute Gasteiger partial charge is 0.364 e. The Balaban J connectivity index is 1.73. The second kappa shape index (κ2) is 6.73. The highest BCUT2D eigenvalue weighted by molar-refractivity contribution is 6.00. The number of para-hydroxylation sites is 1. The van der Waals surface area contributed by atoms with Crippen LogP contribution in [0.5, 0.6) is 0 Å². The number of hydrogen-bond donors (Lipinski definition) is 1. The van der Waals surface area contributed by atoms with Crippen molar-refractivity contribution in [2.24, 2.45) is 0 Å². The molecular weight excluding hydrogens is 310 g/mol. The van der Waals surface area contributed by atoms with Crippen LogP contribution in [0.4, 0.5) is 5.69 Å². The van der Waals surface area contributed by atoms with Crippen LogP contribution < -0.4 is 10.2 Å². The van der Waals surface area contributed by atoms with E-state index in [1.807, 2.05) is 24.4 Å². The summed E-state index contributed by atoms with van der Waals surface area (Å²) in [5, 5.41) is 4.67. The maximum Gasteiger partial charge on any atom is 0.228 e. The van der Waals surface area contributed by atoms with Crippen LogP contribution in [0.2, 0.25) is 0 Å². The van der Waals surface area contributed by atoms with Gasteiger partial charge in [0.15, 0.2) is 0 Å². The topological polar surface area (TPSA) is 37.3 Å². The molecule has 1 atom stereocenters. The fourth-order valence-corrected chi connectivity index (χ4v) is 3.80. The van der Waals surface area contributed by atoms with Gasteiger partial charge in [0.25, 0.3) is 0 Å². The Labute approximate surface area is 148 Å². The van der Waals surface area contributed by atoms with Crippen molar-refractivity contribution in [1.29, 1.82) is 0 Å². The molecule has 1 unspecified atom stereocenters. The minimum Gasteiger partial charge on any atom is -0.364 e. The molecule has 4 heteroatoms. The molecule has 128 valence electrons. The third-order valence-corrected chi connectivity index (χ3v) is 5.00. The third kappa shape index (κ3) is 3.05. The molecule has 1 aliphatic rings. The second-order valence-corrected chi connectivity index (χ2v) is 6.66. The Hall–Kier alpha value is -2.59. The summed E-state index contributed by atoms with van der Waals surface area (Å²) in [6, 6.07) is 19.2. The van der Waals surface area contributed by atoms with Crippen LogP contribution in [-0.4, -0.2) is 36.2 Å². The van der Waals surface area contributed by atoms with Gasteiger partial charge in [-0.3, -0.25) is 9.36 Å². The number of carbonyl (C=O) groups is 1. The Morgan fingerprint density at radius 2 is 1.88 bits per heavy atom. The zero-order chi connectivity index (χ0) is 17.2. The van der Waals surface area contributed by atoms with E-state index in [2.05, 4.69) is 46.6 Å². The molecule has 1 N–H and O–H groups in total. The van der Waals surface area contributed by atoms with Crippen LogP contribution in [-0.2, 0) is 6.42 Å². The van der Waals surface area contributed by atoms with E-state index in [0.717, 1.165) is 42.6 Å². The van der Waals surface area contributed by atoms with Gasteiger partial charge in [0.2, 0.25) is 5.91 Å². The Bertz CT molecular complexity index is 885.